The smallest absolute Gasteiger partial charge is 0.226 e. The first-order valence-corrected chi connectivity index (χ1v) is 5.25. The van der Waals surface area contributed by atoms with Crippen molar-refractivity contribution in [3.8, 4) is 0 Å². The standard InChI is InChI=1S/C10H14ClNO/c1-7-2-4-8(5-3-7)9-6-10(11)13-12-9/h6-8H,2-5H2,1H3. The Bertz CT molecular complexity index is 276. The zero-order chi connectivity index (χ0) is 9.26. The molecule has 13 heavy (non-hydrogen) atoms. The molecule has 1 fully saturated rings. The molecule has 72 valence electrons. The predicted molar refractivity (Wildman–Crippen MR) is 51.9 cm³/mol. The van der Waals surface area contributed by atoms with Crippen molar-refractivity contribution in [1.29, 1.82) is 0 Å². The number of nitrogens with zero attached hydrogens (tertiary/aromatic N) is 1. The summed E-state index contributed by atoms with van der Waals surface area (Å²) in [6.07, 6.45) is 5.05. The van der Waals surface area contributed by atoms with Crippen molar-refractivity contribution >= 4 is 11.6 Å². The Labute approximate surface area is 83.2 Å². The van der Waals surface area contributed by atoms with Gasteiger partial charge in [0.25, 0.3) is 0 Å². The van der Waals surface area contributed by atoms with Crippen LogP contribution in [0.2, 0.25) is 5.22 Å². The molecule has 3 heteroatoms. The van der Waals surface area contributed by atoms with Gasteiger partial charge in [0.05, 0.1) is 5.69 Å². The summed E-state index contributed by atoms with van der Waals surface area (Å²) in [5.41, 5.74) is 1.04. The van der Waals surface area contributed by atoms with Gasteiger partial charge in [0.15, 0.2) is 0 Å². The Morgan fingerprint density at radius 2 is 2.08 bits per heavy atom. The Hall–Kier alpha value is -0.500. The summed E-state index contributed by atoms with van der Waals surface area (Å²) in [4.78, 5) is 0. The van der Waals surface area contributed by atoms with Gasteiger partial charge in [-0.3, -0.25) is 0 Å². The summed E-state index contributed by atoms with van der Waals surface area (Å²) in [6, 6.07) is 1.85. The molecule has 1 heterocycles. The lowest BCUT2D eigenvalue weighted by molar-refractivity contribution is 0.329. The van der Waals surface area contributed by atoms with Crippen LogP contribution in [0.5, 0.6) is 0 Å². The van der Waals surface area contributed by atoms with Crippen LogP contribution in [-0.2, 0) is 0 Å². The maximum Gasteiger partial charge on any atom is 0.226 e. The zero-order valence-electron chi connectivity index (χ0n) is 7.79. The van der Waals surface area contributed by atoms with E-state index in [1.54, 1.807) is 0 Å². The van der Waals surface area contributed by atoms with E-state index in [0.717, 1.165) is 11.6 Å². The molecule has 0 spiro atoms. The monoisotopic (exact) mass is 199 g/mol. The van der Waals surface area contributed by atoms with E-state index in [2.05, 4.69) is 12.1 Å². The van der Waals surface area contributed by atoms with E-state index in [1.807, 2.05) is 6.07 Å². The quantitative estimate of drug-likeness (QED) is 0.691. The summed E-state index contributed by atoms with van der Waals surface area (Å²) >= 11 is 5.68. The van der Waals surface area contributed by atoms with Crippen molar-refractivity contribution in [3.05, 3.63) is 17.0 Å². The fraction of sp³-hybridized carbons (Fsp3) is 0.700. The molecule has 2 nitrogen and oxygen atoms in total. The number of hydrogen-bond donors (Lipinski definition) is 0. The zero-order valence-corrected chi connectivity index (χ0v) is 8.55. The topological polar surface area (TPSA) is 26.0 Å². The molecule has 1 aromatic rings. The van der Waals surface area contributed by atoms with Crippen molar-refractivity contribution in [1.82, 2.24) is 5.16 Å². The molecule has 1 aromatic heterocycles. The van der Waals surface area contributed by atoms with E-state index in [0.29, 0.717) is 11.1 Å². The minimum Gasteiger partial charge on any atom is -0.344 e. The molecule has 0 saturated heterocycles. The van der Waals surface area contributed by atoms with E-state index in [9.17, 15) is 0 Å². The Kier molecular flexibility index (Phi) is 2.58. The van der Waals surface area contributed by atoms with E-state index in [4.69, 9.17) is 16.1 Å². The van der Waals surface area contributed by atoms with Gasteiger partial charge in [-0.15, -0.1) is 0 Å². The van der Waals surface area contributed by atoms with Crippen LogP contribution in [0.15, 0.2) is 10.6 Å². The fourth-order valence-electron chi connectivity index (χ4n) is 2.01. The second-order valence-electron chi connectivity index (χ2n) is 4.01. The van der Waals surface area contributed by atoms with Crippen molar-refractivity contribution in [2.75, 3.05) is 0 Å². The van der Waals surface area contributed by atoms with Gasteiger partial charge in [-0.1, -0.05) is 24.9 Å². The van der Waals surface area contributed by atoms with Crippen molar-refractivity contribution < 1.29 is 4.52 Å². The Balaban J connectivity index is 2.02. The van der Waals surface area contributed by atoms with Gasteiger partial charge in [0, 0.05) is 12.0 Å². The molecule has 0 aliphatic heterocycles. The minimum absolute atomic E-state index is 0.411. The molecular weight excluding hydrogens is 186 g/mol. The molecule has 0 N–H and O–H groups in total. The average Bonchev–Trinajstić information content (AvgIpc) is 2.53. The SMILES string of the molecule is CC1CCC(c2cc(Cl)on2)CC1. The van der Waals surface area contributed by atoms with Crippen LogP contribution in [0.1, 0.15) is 44.2 Å². The molecule has 0 atom stereocenters. The molecular formula is C10H14ClNO. The fourth-order valence-corrected chi connectivity index (χ4v) is 2.16. The number of rotatable bonds is 1. The first kappa shape index (κ1) is 9.07. The highest BCUT2D eigenvalue weighted by atomic mass is 35.5. The van der Waals surface area contributed by atoms with Crippen LogP contribution in [0.4, 0.5) is 0 Å². The van der Waals surface area contributed by atoms with E-state index in [1.165, 1.54) is 25.7 Å². The van der Waals surface area contributed by atoms with Crippen molar-refractivity contribution in [2.24, 2.45) is 5.92 Å². The highest BCUT2D eigenvalue weighted by Crippen LogP contribution is 2.35. The van der Waals surface area contributed by atoms with E-state index >= 15 is 0 Å². The van der Waals surface area contributed by atoms with Crippen LogP contribution in [0, 0.1) is 5.92 Å². The third kappa shape index (κ3) is 2.05. The summed E-state index contributed by atoms with van der Waals surface area (Å²) < 4.78 is 4.86. The third-order valence-electron chi connectivity index (χ3n) is 2.93. The Morgan fingerprint density at radius 1 is 1.38 bits per heavy atom. The summed E-state index contributed by atoms with van der Waals surface area (Å²) in [6.45, 7) is 2.31. The van der Waals surface area contributed by atoms with Gasteiger partial charge in [-0.05, 0) is 30.4 Å². The second-order valence-corrected chi connectivity index (χ2v) is 4.39. The molecule has 0 bridgehead atoms. The number of hydrogen-bond acceptors (Lipinski definition) is 2. The molecule has 1 aliphatic rings. The van der Waals surface area contributed by atoms with Gasteiger partial charge in [-0.2, -0.15) is 0 Å². The van der Waals surface area contributed by atoms with E-state index < -0.39 is 0 Å². The Morgan fingerprint density at radius 3 is 2.62 bits per heavy atom. The van der Waals surface area contributed by atoms with Crippen LogP contribution in [0.3, 0.4) is 0 Å². The van der Waals surface area contributed by atoms with Gasteiger partial charge in [0.2, 0.25) is 5.22 Å². The second kappa shape index (κ2) is 3.70. The summed E-state index contributed by atoms with van der Waals surface area (Å²) in [5, 5.41) is 4.37. The lowest BCUT2D eigenvalue weighted by Crippen LogP contribution is -2.10. The van der Waals surface area contributed by atoms with Crippen molar-refractivity contribution in [2.45, 2.75) is 38.5 Å². The maximum absolute atomic E-state index is 5.68. The lowest BCUT2D eigenvalue weighted by atomic mass is 9.81. The molecule has 0 amide bonds. The molecule has 1 saturated carbocycles. The maximum atomic E-state index is 5.68. The molecule has 0 radical (unpaired) electrons. The third-order valence-corrected chi connectivity index (χ3v) is 3.11. The molecule has 0 aromatic carbocycles. The van der Waals surface area contributed by atoms with Crippen LogP contribution in [-0.4, -0.2) is 5.16 Å². The molecule has 1 aliphatic carbocycles. The van der Waals surface area contributed by atoms with Gasteiger partial charge >= 0.3 is 0 Å². The van der Waals surface area contributed by atoms with Gasteiger partial charge in [0.1, 0.15) is 0 Å². The van der Waals surface area contributed by atoms with E-state index in [-0.39, 0.29) is 0 Å². The predicted octanol–water partition coefficient (Wildman–Crippen LogP) is 3.62. The first-order valence-electron chi connectivity index (χ1n) is 4.88. The first-order chi connectivity index (χ1) is 6.25. The molecule has 2 rings (SSSR count). The normalized spacial score (nSPS) is 29.1. The highest BCUT2D eigenvalue weighted by Gasteiger charge is 2.22. The lowest BCUT2D eigenvalue weighted by Gasteiger charge is -2.24. The average molecular weight is 200 g/mol. The van der Waals surface area contributed by atoms with Gasteiger partial charge in [-0.25, -0.2) is 0 Å². The summed E-state index contributed by atoms with van der Waals surface area (Å²) in [7, 11) is 0. The van der Waals surface area contributed by atoms with Crippen LogP contribution >= 0.6 is 11.6 Å². The van der Waals surface area contributed by atoms with Crippen LogP contribution < -0.4 is 0 Å². The number of aromatic nitrogens is 1. The van der Waals surface area contributed by atoms with Crippen LogP contribution in [0.25, 0.3) is 0 Å². The minimum atomic E-state index is 0.411. The molecule has 0 unspecified atom stereocenters. The van der Waals surface area contributed by atoms with Crippen molar-refractivity contribution in [3.63, 3.8) is 0 Å². The largest absolute Gasteiger partial charge is 0.344 e. The highest BCUT2D eigenvalue weighted by molar-refractivity contribution is 6.28. The summed E-state index contributed by atoms with van der Waals surface area (Å²) in [5.74, 6) is 1.45. The van der Waals surface area contributed by atoms with Gasteiger partial charge < -0.3 is 4.52 Å². The number of halogens is 1.